The first-order valence-corrected chi connectivity index (χ1v) is 8.39. The molecule has 1 aliphatic heterocycles. The minimum absolute atomic E-state index is 0.0404. The maximum Gasteiger partial charge on any atom is 0.269 e. The molecule has 1 amide bonds. The molecule has 142 valence electrons. The molecular formula is C18H18F2N4O3. The molecule has 0 saturated carbocycles. The van der Waals surface area contributed by atoms with Crippen LogP contribution in [0.4, 0.5) is 25.8 Å². The van der Waals surface area contributed by atoms with Gasteiger partial charge in [-0.25, -0.2) is 8.78 Å². The molecule has 0 spiro atoms. The van der Waals surface area contributed by atoms with Gasteiger partial charge in [0.1, 0.15) is 11.6 Å². The molecule has 0 unspecified atom stereocenters. The third kappa shape index (κ3) is 4.76. The van der Waals surface area contributed by atoms with E-state index in [-0.39, 0.29) is 17.9 Å². The second-order valence-corrected chi connectivity index (χ2v) is 6.21. The molecule has 1 heterocycles. The van der Waals surface area contributed by atoms with Crippen molar-refractivity contribution in [2.75, 3.05) is 42.9 Å². The highest BCUT2D eigenvalue weighted by Gasteiger charge is 2.20. The van der Waals surface area contributed by atoms with Gasteiger partial charge in [0.15, 0.2) is 0 Å². The second kappa shape index (κ2) is 8.09. The third-order valence-corrected chi connectivity index (χ3v) is 4.37. The lowest BCUT2D eigenvalue weighted by Gasteiger charge is -2.35. The maximum absolute atomic E-state index is 13.6. The molecule has 0 aliphatic carbocycles. The van der Waals surface area contributed by atoms with E-state index in [9.17, 15) is 23.7 Å². The number of hydrogen-bond acceptors (Lipinski definition) is 5. The molecule has 2 aromatic rings. The number of benzene rings is 2. The Balaban J connectivity index is 1.51. The molecule has 1 saturated heterocycles. The standard InChI is InChI=1S/C18H18F2N4O3/c19-13-1-6-16(20)17(11-13)21-18(25)12-22-7-9-23(10-8-22)14-2-4-15(5-3-14)24(26)27/h1-6,11H,7-10,12H2,(H,21,25). The van der Waals surface area contributed by atoms with Crippen LogP contribution in [0.5, 0.6) is 0 Å². The number of non-ortho nitro benzene ring substituents is 1. The van der Waals surface area contributed by atoms with Crippen LogP contribution >= 0.6 is 0 Å². The summed E-state index contributed by atoms with van der Waals surface area (Å²) in [6.07, 6.45) is 0. The molecule has 7 nitrogen and oxygen atoms in total. The highest BCUT2D eigenvalue weighted by atomic mass is 19.1. The summed E-state index contributed by atoms with van der Waals surface area (Å²) < 4.78 is 26.7. The van der Waals surface area contributed by atoms with Gasteiger partial charge in [-0.15, -0.1) is 0 Å². The van der Waals surface area contributed by atoms with E-state index in [4.69, 9.17) is 0 Å². The Labute approximate surface area is 154 Å². The topological polar surface area (TPSA) is 78.7 Å². The van der Waals surface area contributed by atoms with Gasteiger partial charge in [-0.1, -0.05) is 0 Å². The van der Waals surface area contributed by atoms with Gasteiger partial charge in [0.25, 0.3) is 5.69 Å². The van der Waals surface area contributed by atoms with Gasteiger partial charge in [-0.05, 0) is 24.3 Å². The number of halogens is 2. The summed E-state index contributed by atoms with van der Waals surface area (Å²) in [5.74, 6) is -1.72. The molecule has 27 heavy (non-hydrogen) atoms. The zero-order valence-electron chi connectivity index (χ0n) is 14.4. The number of piperazine rings is 1. The van der Waals surface area contributed by atoms with Crippen LogP contribution < -0.4 is 10.2 Å². The van der Waals surface area contributed by atoms with Crippen LogP contribution in [-0.2, 0) is 4.79 Å². The monoisotopic (exact) mass is 376 g/mol. The Bertz CT molecular complexity index is 837. The average Bonchev–Trinajstić information content (AvgIpc) is 2.65. The van der Waals surface area contributed by atoms with Crippen molar-refractivity contribution < 1.29 is 18.5 Å². The number of nitrogens with one attached hydrogen (secondary N) is 1. The van der Waals surface area contributed by atoms with E-state index in [0.717, 1.165) is 23.9 Å². The Hall–Kier alpha value is -3.07. The van der Waals surface area contributed by atoms with Crippen LogP contribution in [0.25, 0.3) is 0 Å². The number of nitrogens with zero attached hydrogens (tertiary/aromatic N) is 3. The summed E-state index contributed by atoms with van der Waals surface area (Å²) in [6.45, 7) is 2.59. The molecule has 1 N–H and O–H groups in total. The first-order valence-electron chi connectivity index (χ1n) is 8.39. The molecule has 2 aromatic carbocycles. The number of amides is 1. The quantitative estimate of drug-likeness (QED) is 0.641. The Morgan fingerprint density at radius 3 is 2.37 bits per heavy atom. The number of nitro groups is 1. The largest absolute Gasteiger partial charge is 0.369 e. The molecule has 1 aliphatic rings. The Kier molecular flexibility index (Phi) is 5.60. The number of carbonyl (C=O) groups excluding carboxylic acids is 1. The lowest BCUT2D eigenvalue weighted by Crippen LogP contribution is -2.48. The van der Waals surface area contributed by atoms with E-state index in [2.05, 4.69) is 10.2 Å². The van der Waals surface area contributed by atoms with Crippen LogP contribution in [0.2, 0.25) is 0 Å². The zero-order chi connectivity index (χ0) is 19.4. The minimum atomic E-state index is -0.687. The fraction of sp³-hybridized carbons (Fsp3) is 0.278. The van der Waals surface area contributed by atoms with Gasteiger partial charge in [0, 0.05) is 50.1 Å². The molecule has 0 bridgehead atoms. The molecular weight excluding hydrogens is 358 g/mol. The van der Waals surface area contributed by atoms with Crippen LogP contribution in [0.3, 0.4) is 0 Å². The number of hydrogen-bond donors (Lipinski definition) is 1. The predicted molar refractivity (Wildman–Crippen MR) is 96.7 cm³/mol. The van der Waals surface area contributed by atoms with Gasteiger partial charge in [0.2, 0.25) is 5.91 Å². The van der Waals surface area contributed by atoms with E-state index in [1.165, 1.54) is 12.1 Å². The highest BCUT2D eigenvalue weighted by molar-refractivity contribution is 5.92. The van der Waals surface area contributed by atoms with Gasteiger partial charge in [-0.3, -0.25) is 19.8 Å². The molecule has 3 rings (SSSR count). The normalized spacial score (nSPS) is 14.8. The maximum atomic E-state index is 13.6. The van der Waals surface area contributed by atoms with Crippen LogP contribution in [0.1, 0.15) is 0 Å². The van der Waals surface area contributed by atoms with Gasteiger partial charge in [0.05, 0.1) is 17.2 Å². The van der Waals surface area contributed by atoms with Crippen molar-refractivity contribution in [2.45, 2.75) is 0 Å². The molecule has 9 heteroatoms. The van der Waals surface area contributed by atoms with Crippen molar-refractivity contribution in [3.05, 3.63) is 64.2 Å². The third-order valence-electron chi connectivity index (χ3n) is 4.37. The van der Waals surface area contributed by atoms with Crippen molar-refractivity contribution in [1.29, 1.82) is 0 Å². The summed E-state index contributed by atoms with van der Waals surface area (Å²) in [7, 11) is 0. The number of anilines is 2. The fourth-order valence-electron chi connectivity index (χ4n) is 2.94. The van der Waals surface area contributed by atoms with Crippen LogP contribution in [0.15, 0.2) is 42.5 Å². The summed E-state index contributed by atoms with van der Waals surface area (Å²) in [5.41, 5.74) is 0.745. The molecule has 0 aromatic heterocycles. The zero-order valence-corrected chi connectivity index (χ0v) is 14.4. The number of nitro benzene ring substituents is 1. The first kappa shape index (κ1) is 18.7. The molecule has 0 atom stereocenters. The first-order chi connectivity index (χ1) is 12.9. The van der Waals surface area contributed by atoms with E-state index in [1.807, 2.05) is 4.90 Å². The highest BCUT2D eigenvalue weighted by Crippen LogP contribution is 2.21. The number of carbonyl (C=O) groups is 1. The second-order valence-electron chi connectivity index (χ2n) is 6.21. The van der Waals surface area contributed by atoms with Crippen molar-refractivity contribution in [2.24, 2.45) is 0 Å². The van der Waals surface area contributed by atoms with Gasteiger partial charge >= 0.3 is 0 Å². The minimum Gasteiger partial charge on any atom is -0.369 e. The van der Waals surface area contributed by atoms with E-state index in [0.29, 0.717) is 26.2 Å². The molecule has 1 fully saturated rings. The molecule has 0 radical (unpaired) electrons. The average molecular weight is 376 g/mol. The smallest absolute Gasteiger partial charge is 0.269 e. The lowest BCUT2D eigenvalue weighted by atomic mass is 10.2. The fourth-order valence-corrected chi connectivity index (χ4v) is 2.94. The summed E-state index contributed by atoms with van der Waals surface area (Å²) in [6, 6.07) is 9.22. The van der Waals surface area contributed by atoms with Crippen molar-refractivity contribution in [3.8, 4) is 0 Å². The predicted octanol–water partition coefficient (Wildman–Crippen LogP) is 2.63. The van der Waals surface area contributed by atoms with Crippen LogP contribution in [-0.4, -0.2) is 48.5 Å². The Morgan fingerprint density at radius 1 is 1.07 bits per heavy atom. The summed E-state index contributed by atoms with van der Waals surface area (Å²) in [4.78, 5) is 26.3. The van der Waals surface area contributed by atoms with E-state index >= 15 is 0 Å². The van der Waals surface area contributed by atoms with Crippen molar-refractivity contribution in [1.82, 2.24) is 4.90 Å². The van der Waals surface area contributed by atoms with Crippen molar-refractivity contribution in [3.63, 3.8) is 0 Å². The lowest BCUT2D eigenvalue weighted by molar-refractivity contribution is -0.384. The van der Waals surface area contributed by atoms with Crippen molar-refractivity contribution >= 4 is 23.0 Å². The Morgan fingerprint density at radius 2 is 1.74 bits per heavy atom. The van der Waals surface area contributed by atoms with Gasteiger partial charge in [-0.2, -0.15) is 0 Å². The van der Waals surface area contributed by atoms with Gasteiger partial charge < -0.3 is 10.2 Å². The summed E-state index contributed by atoms with van der Waals surface area (Å²) >= 11 is 0. The number of rotatable bonds is 5. The van der Waals surface area contributed by atoms with E-state index in [1.54, 1.807) is 12.1 Å². The SMILES string of the molecule is O=C(CN1CCN(c2ccc([N+](=O)[O-])cc2)CC1)Nc1cc(F)ccc1F. The summed E-state index contributed by atoms with van der Waals surface area (Å²) in [5, 5.41) is 13.1. The van der Waals surface area contributed by atoms with E-state index < -0.39 is 22.5 Å². The van der Waals surface area contributed by atoms with Crippen LogP contribution in [0, 0.1) is 21.7 Å².